The van der Waals surface area contributed by atoms with Crippen LogP contribution < -0.4 is 9.47 Å². The smallest absolute Gasteiger partial charge is 0.249 e. The SMILES string of the molecule is C[C@@H]1CN(S(=O)(=O)c2c(F)cccc2F)CCN1S(=O)(=O)c1ccc2c(c1)OCCO2. The molecule has 168 valence electrons. The monoisotopic (exact) mass is 474 g/mol. The minimum absolute atomic E-state index is 0.0138. The fraction of sp³-hybridized carbons (Fsp3) is 0.368. The van der Waals surface area contributed by atoms with Crippen molar-refractivity contribution in [3.05, 3.63) is 48.0 Å². The van der Waals surface area contributed by atoms with Crippen molar-refractivity contribution >= 4 is 20.0 Å². The Labute approximate surface area is 179 Å². The number of sulfonamides is 2. The van der Waals surface area contributed by atoms with E-state index in [9.17, 15) is 25.6 Å². The summed E-state index contributed by atoms with van der Waals surface area (Å²) in [5.74, 6) is -1.63. The third-order valence-corrected chi connectivity index (χ3v) is 9.09. The molecule has 1 fully saturated rings. The molecule has 2 aliphatic heterocycles. The van der Waals surface area contributed by atoms with Crippen LogP contribution in [0, 0.1) is 11.6 Å². The molecule has 1 saturated heterocycles. The predicted octanol–water partition coefficient (Wildman–Crippen LogP) is 1.82. The zero-order valence-electron chi connectivity index (χ0n) is 16.5. The summed E-state index contributed by atoms with van der Waals surface area (Å²) in [4.78, 5) is -1.05. The first-order chi connectivity index (χ1) is 14.6. The maximum absolute atomic E-state index is 14.0. The maximum Gasteiger partial charge on any atom is 0.249 e. The van der Waals surface area contributed by atoms with Crippen LogP contribution in [0.5, 0.6) is 11.5 Å². The van der Waals surface area contributed by atoms with Crippen LogP contribution in [0.15, 0.2) is 46.2 Å². The quantitative estimate of drug-likeness (QED) is 0.671. The number of benzene rings is 2. The minimum atomic E-state index is -4.48. The molecule has 0 aliphatic carbocycles. The lowest BCUT2D eigenvalue weighted by Gasteiger charge is -2.38. The largest absolute Gasteiger partial charge is 0.486 e. The molecular weight excluding hydrogens is 454 g/mol. The van der Waals surface area contributed by atoms with Gasteiger partial charge in [-0.05, 0) is 31.2 Å². The van der Waals surface area contributed by atoms with E-state index in [0.29, 0.717) is 24.7 Å². The van der Waals surface area contributed by atoms with Gasteiger partial charge in [-0.2, -0.15) is 8.61 Å². The normalized spacial score (nSPS) is 20.5. The molecule has 1 atom stereocenters. The molecule has 0 bridgehead atoms. The van der Waals surface area contributed by atoms with Gasteiger partial charge in [-0.1, -0.05) is 6.07 Å². The van der Waals surface area contributed by atoms with Gasteiger partial charge in [0.25, 0.3) is 0 Å². The van der Waals surface area contributed by atoms with Crippen LogP contribution in [-0.4, -0.2) is 64.3 Å². The molecule has 2 aromatic rings. The first-order valence-electron chi connectivity index (χ1n) is 9.48. The summed E-state index contributed by atoms with van der Waals surface area (Å²) >= 11 is 0. The van der Waals surface area contributed by atoms with Gasteiger partial charge < -0.3 is 9.47 Å². The van der Waals surface area contributed by atoms with Crippen LogP contribution in [0.4, 0.5) is 8.78 Å². The zero-order chi connectivity index (χ0) is 22.4. The van der Waals surface area contributed by atoms with Crippen molar-refractivity contribution < 1.29 is 35.1 Å². The van der Waals surface area contributed by atoms with Gasteiger partial charge in [0.2, 0.25) is 20.0 Å². The average molecular weight is 475 g/mol. The van der Waals surface area contributed by atoms with E-state index < -0.39 is 42.6 Å². The van der Waals surface area contributed by atoms with Crippen LogP contribution in [-0.2, 0) is 20.0 Å². The highest BCUT2D eigenvalue weighted by Crippen LogP contribution is 2.34. The van der Waals surface area contributed by atoms with E-state index in [4.69, 9.17) is 9.47 Å². The second kappa shape index (κ2) is 8.01. The Bertz CT molecular complexity index is 1200. The summed E-state index contributed by atoms with van der Waals surface area (Å²) in [5.41, 5.74) is 0. The number of piperazine rings is 1. The third kappa shape index (κ3) is 3.88. The summed E-state index contributed by atoms with van der Waals surface area (Å²) in [6.07, 6.45) is 0. The zero-order valence-corrected chi connectivity index (χ0v) is 18.1. The first-order valence-corrected chi connectivity index (χ1v) is 12.4. The van der Waals surface area contributed by atoms with E-state index in [1.165, 1.54) is 29.4 Å². The van der Waals surface area contributed by atoms with E-state index in [1.54, 1.807) is 0 Å². The summed E-state index contributed by atoms with van der Waals surface area (Å²) in [5, 5.41) is 0. The van der Waals surface area contributed by atoms with Crippen molar-refractivity contribution in [2.45, 2.75) is 22.8 Å². The molecule has 0 saturated carbocycles. The van der Waals surface area contributed by atoms with Crippen LogP contribution in [0.1, 0.15) is 6.92 Å². The Kier molecular flexibility index (Phi) is 5.66. The average Bonchev–Trinajstić information content (AvgIpc) is 2.72. The topological polar surface area (TPSA) is 93.2 Å². The predicted molar refractivity (Wildman–Crippen MR) is 106 cm³/mol. The molecule has 0 unspecified atom stereocenters. The van der Waals surface area contributed by atoms with E-state index in [2.05, 4.69) is 0 Å². The van der Waals surface area contributed by atoms with Crippen molar-refractivity contribution in [3.8, 4) is 11.5 Å². The first kappa shape index (κ1) is 21.9. The number of rotatable bonds is 4. The van der Waals surface area contributed by atoms with Gasteiger partial charge in [0.05, 0.1) is 4.90 Å². The summed E-state index contributed by atoms with van der Waals surface area (Å²) < 4.78 is 92.9. The molecule has 0 radical (unpaired) electrons. The number of fused-ring (bicyclic) bond motifs is 1. The van der Waals surface area contributed by atoms with Gasteiger partial charge in [-0.15, -0.1) is 0 Å². The van der Waals surface area contributed by atoms with E-state index in [-0.39, 0.29) is 24.5 Å². The fourth-order valence-electron chi connectivity index (χ4n) is 3.66. The molecule has 2 aliphatic rings. The second-order valence-electron chi connectivity index (χ2n) is 7.18. The molecule has 8 nitrogen and oxygen atoms in total. The van der Waals surface area contributed by atoms with Gasteiger partial charge in [0, 0.05) is 31.7 Å². The Balaban J connectivity index is 1.58. The van der Waals surface area contributed by atoms with Gasteiger partial charge in [0.1, 0.15) is 24.8 Å². The lowest BCUT2D eigenvalue weighted by atomic mass is 10.3. The molecular formula is C19H20F2N2O6S2. The van der Waals surface area contributed by atoms with Gasteiger partial charge in [0.15, 0.2) is 16.4 Å². The van der Waals surface area contributed by atoms with E-state index >= 15 is 0 Å². The standard InChI is InChI=1S/C19H20F2N2O6S2/c1-13-12-22(31(26,27)19-15(20)3-2-4-16(19)21)7-8-23(13)30(24,25)14-5-6-17-18(11-14)29-10-9-28-17/h2-6,11,13H,7-10,12H2,1H3/t13-/m1/s1. The molecule has 0 aromatic heterocycles. The lowest BCUT2D eigenvalue weighted by Crippen LogP contribution is -2.55. The van der Waals surface area contributed by atoms with Crippen molar-refractivity contribution in [1.82, 2.24) is 8.61 Å². The molecule has 0 N–H and O–H groups in total. The molecule has 31 heavy (non-hydrogen) atoms. The number of halogens is 2. The van der Waals surface area contributed by atoms with Crippen molar-refractivity contribution in [2.24, 2.45) is 0 Å². The molecule has 4 rings (SSSR count). The Hall–Kier alpha value is -2.28. The molecule has 0 spiro atoms. The number of nitrogens with zero attached hydrogens (tertiary/aromatic N) is 2. The summed E-state index contributed by atoms with van der Waals surface area (Å²) in [6.45, 7) is 1.54. The Morgan fingerprint density at radius 2 is 1.55 bits per heavy atom. The Morgan fingerprint density at radius 1 is 0.903 bits per heavy atom. The van der Waals surface area contributed by atoms with Crippen LogP contribution >= 0.6 is 0 Å². The van der Waals surface area contributed by atoms with E-state index in [0.717, 1.165) is 22.5 Å². The van der Waals surface area contributed by atoms with Gasteiger partial charge in [-0.25, -0.2) is 25.6 Å². The highest BCUT2D eigenvalue weighted by atomic mass is 32.2. The second-order valence-corrected chi connectivity index (χ2v) is 10.9. The molecule has 2 heterocycles. The highest BCUT2D eigenvalue weighted by Gasteiger charge is 2.40. The van der Waals surface area contributed by atoms with Crippen LogP contribution in [0.2, 0.25) is 0 Å². The number of hydrogen-bond donors (Lipinski definition) is 0. The maximum atomic E-state index is 14.0. The van der Waals surface area contributed by atoms with Crippen molar-refractivity contribution in [2.75, 3.05) is 32.8 Å². The van der Waals surface area contributed by atoms with Crippen molar-refractivity contribution in [1.29, 1.82) is 0 Å². The number of ether oxygens (including phenoxy) is 2. The highest BCUT2D eigenvalue weighted by molar-refractivity contribution is 7.89. The molecule has 12 heteroatoms. The molecule has 0 amide bonds. The van der Waals surface area contributed by atoms with Crippen LogP contribution in [0.3, 0.4) is 0 Å². The Morgan fingerprint density at radius 3 is 2.19 bits per heavy atom. The lowest BCUT2D eigenvalue weighted by molar-refractivity contribution is 0.171. The fourth-order valence-corrected chi connectivity index (χ4v) is 6.91. The van der Waals surface area contributed by atoms with Gasteiger partial charge >= 0.3 is 0 Å². The van der Waals surface area contributed by atoms with Crippen molar-refractivity contribution in [3.63, 3.8) is 0 Å². The number of hydrogen-bond acceptors (Lipinski definition) is 6. The summed E-state index contributed by atoms with van der Waals surface area (Å²) in [7, 11) is -8.44. The van der Waals surface area contributed by atoms with Gasteiger partial charge in [-0.3, -0.25) is 0 Å². The van der Waals surface area contributed by atoms with Crippen LogP contribution in [0.25, 0.3) is 0 Å². The minimum Gasteiger partial charge on any atom is -0.486 e. The third-order valence-electron chi connectivity index (χ3n) is 5.17. The van der Waals surface area contributed by atoms with E-state index in [1.807, 2.05) is 0 Å². The summed E-state index contributed by atoms with van der Waals surface area (Å²) in [6, 6.07) is 6.31. The molecule has 2 aromatic carbocycles.